The quantitative estimate of drug-likeness (QED) is 0.249. The van der Waals surface area contributed by atoms with Crippen LogP contribution in [0.3, 0.4) is 0 Å². The lowest BCUT2D eigenvalue weighted by Gasteiger charge is -2.36. The zero-order valence-electron chi connectivity index (χ0n) is 17.0. The number of aliphatic imine (C=N–C) groups is 1. The Morgan fingerprint density at radius 3 is 2.62 bits per heavy atom. The van der Waals surface area contributed by atoms with E-state index in [4.69, 9.17) is 0 Å². The van der Waals surface area contributed by atoms with Crippen LogP contribution in [0.2, 0.25) is 0 Å². The summed E-state index contributed by atoms with van der Waals surface area (Å²) in [6.45, 7) is 8.30. The number of benzene rings is 1. The van der Waals surface area contributed by atoms with Crippen molar-refractivity contribution in [1.29, 1.82) is 0 Å². The second kappa shape index (κ2) is 12.3. The summed E-state index contributed by atoms with van der Waals surface area (Å²) in [7, 11) is 1.78. The number of thiazole rings is 1. The minimum absolute atomic E-state index is 0. The summed E-state index contributed by atoms with van der Waals surface area (Å²) in [5.74, 6) is 0.671. The standard InChI is InChI=1S/C20H29FN6S.HI/c1-16-14-24-19(28-16)15-25-20(22-2)23-8-5-9-26-10-12-27(13-11-26)18-7-4-3-6-17(18)21;/h3-4,6-7,14H,5,8-13,15H2,1-2H3,(H2,22,23,25);1H. The van der Waals surface area contributed by atoms with E-state index < -0.39 is 0 Å². The van der Waals surface area contributed by atoms with Crippen LogP contribution < -0.4 is 15.5 Å². The van der Waals surface area contributed by atoms with Gasteiger partial charge in [0.25, 0.3) is 0 Å². The van der Waals surface area contributed by atoms with Crippen molar-refractivity contribution in [3.63, 3.8) is 0 Å². The molecule has 2 heterocycles. The normalized spacial score (nSPS) is 15.1. The monoisotopic (exact) mass is 532 g/mol. The van der Waals surface area contributed by atoms with Gasteiger partial charge in [0, 0.05) is 50.8 Å². The number of piperazine rings is 1. The minimum atomic E-state index is -0.132. The number of aromatic nitrogens is 1. The lowest BCUT2D eigenvalue weighted by Crippen LogP contribution is -2.47. The van der Waals surface area contributed by atoms with E-state index in [1.54, 1.807) is 24.5 Å². The maximum absolute atomic E-state index is 13.9. The molecule has 2 aromatic rings. The number of halogens is 2. The van der Waals surface area contributed by atoms with Crippen molar-refractivity contribution in [3.05, 3.63) is 46.2 Å². The molecule has 1 fully saturated rings. The Bertz CT molecular complexity index is 776. The molecule has 0 saturated carbocycles. The molecule has 160 valence electrons. The van der Waals surface area contributed by atoms with Crippen molar-refractivity contribution in [2.45, 2.75) is 19.9 Å². The smallest absolute Gasteiger partial charge is 0.191 e. The Morgan fingerprint density at radius 2 is 1.97 bits per heavy atom. The van der Waals surface area contributed by atoms with E-state index in [-0.39, 0.29) is 29.8 Å². The van der Waals surface area contributed by atoms with Gasteiger partial charge in [-0.05, 0) is 32.0 Å². The van der Waals surface area contributed by atoms with Crippen molar-refractivity contribution in [2.24, 2.45) is 4.99 Å². The third kappa shape index (κ3) is 7.38. The molecule has 0 unspecified atom stereocenters. The highest BCUT2D eigenvalue weighted by atomic mass is 127. The highest BCUT2D eigenvalue weighted by Crippen LogP contribution is 2.20. The molecule has 1 aromatic carbocycles. The molecule has 29 heavy (non-hydrogen) atoms. The number of hydrogen-bond acceptors (Lipinski definition) is 5. The lowest BCUT2D eigenvalue weighted by atomic mass is 10.2. The number of para-hydroxylation sites is 1. The number of nitrogens with zero attached hydrogens (tertiary/aromatic N) is 4. The van der Waals surface area contributed by atoms with E-state index in [0.29, 0.717) is 12.2 Å². The molecule has 0 aliphatic carbocycles. The molecule has 6 nitrogen and oxygen atoms in total. The van der Waals surface area contributed by atoms with Gasteiger partial charge in [-0.2, -0.15) is 0 Å². The molecule has 1 aromatic heterocycles. The fourth-order valence-corrected chi connectivity index (χ4v) is 4.02. The van der Waals surface area contributed by atoms with Crippen LogP contribution in [-0.2, 0) is 6.54 Å². The van der Waals surface area contributed by atoms with Crippen molar-refractivity contribution < 1.29 is 4.39 Å². The van der Waals surface area contributed by atoms with Crippen molar-refractivity contribution >= 4 is 47.0 Å². The second-order valence-electron chi connectivity index (χ2n) is 6.85. The number of anilines is 1. The van der Waals surface area contributed by atoms with Gasteiger partial charge in [0.15, 0.2) is 5.96 Å². The van der Waals surface area contributed by atoms with Crippen molar-refractivity contribution in [3.8, 4) is 0 Å². The average molecular weight is 532 g/mol. The molecule has 3 rings (SSSR count). The van der Waals surface area contributed by atoms with Gasteiger partial charge in [0.2, 0.25) is 0 Å². The Morgan fingerprint density at radius 1 is 1.21 bits per heavy atom. The number of hydrogen-bond donors (Lipinski definition) is 2. The van der Waals surface area contributed by atoms with Crippen LogP contribution in [0.25, 0.3) is 0 Å². The molecule has 1 aliphatic heterocycles. The Kier molecular flexibility index (Phi) is 10.1. The SMILES string of the molecule is CN=C(NCCCN1CCN(c2ccccc2F)CC1)NCc1ncc(C)s1.I. The highest BCUT2D eigenvalue weighted by molar-refractivity contribution is 14.0. The Balaban J connectivity index is 0.00000300. The van der Waals surface area contributed by atoms with Gasteiger partial charge in [0.05, 0.1) is 12.2 Å². The molecular weight excluding hydrogens is 502 g/mol. The number of guanidine groups is 1. The lowest BCUT2D eigenvalue weighted by molar-refractivity contribution is 0.254. The first-order valence-electron chi connectivity index (χ1n) is 9.73. The largest absolute Gasteiger partial charge is 0.367 e. The van der Waals surface area contributed by atoms with Gasteiger partial charge >= 0.3 is 0 Å². The average Bonchev–Trinajstić information content (AvgIpc) is 3.13. The van der Waals surface area contributed by atoms with Crippen LogP contribution >= 0.6 is 35.3 Å². The number of aryl methyl sites for hydroxylation is 1. The van der Waals surface area contributed by atoms with Crippen LogP contribution in [0, 0.1) is 12.7 Å². The fraction of sp³-hybridized carbons (Fsp3) is 0.500. The first kappa shape index (κ1) is 23.8. The zero-order chi connectivity index (χ0) is 19.8. The first-order chi connectivity index (χ1) is 13.7. The summed E-state index contributed by atoms with van der Waals surface area (Å²) < 4.78 is 13.9. The molecule has 0 atom stereocenters. The first-order valence-corrected chi connectivity index (χ1v) is 10.5. The van der Waals surface area contributed by atoms with E-state index in [1.165, 1.54) is 10.9 Å². The van der Waals surface area contributed by atoms with E-state index in [1.807, 2.05) is 18.3 Å². The van der Waals surface area contributed by atoms with Crippen LogP contribution in [-0.4, -0.2) is 62.2 Å². The van der Waals surface area contributed by atoms with Gasteiger partial charge in [-0.3, -0.25) is 9.89 Å². The topological polar surface area (TPSA) is 55.8 Å². The van der Waals surface area contributed by atoms with Gasteiger partial charge < -0.3 is 15.5 Å². The molecule has 1 saturated heterocycles. The number of rotatable bonds is 7. The van der Waals surface area contributed by atoms with Crippen LogP contribution in [0.5, 0.6) is 0 Å². The molecular formula is C20H30FIN6S. The maximum atomic E-state index is 13.9. The Hall–Kier alpha value is -1.46. The third-order valence-electron chi connectivity index (χ3n) is 4.81. The minimum Gasteiger partial charge on any atom is -0.367 e. The van der Waals surface area contributed by atoms with E-state index >= 15 is 0 Å². The van der Waals surface area contributed by atoms with E-state index in [9.17, 15) is 4.39 Å². The molecule has 9 heteroatoms. The Labute approximate surface area is 193 Å². The zero-order valence-corrected chi connectivity index (χ0v) is 20.2. The van der Waals surface area contributed by atoms with E-state index in [2.05, 4.69) is 37.3 Å². The molecule has 0 amide bonds. The fourth-order valence-electron chi connectivity index (χ4n) is 3.29. The van der Waals surface area contributed by atoms with Crippen LogP contribution in [0.4, 0.5) is 10.1 Å². The highest BCUT2D eigenvalue weighted by Gasteiger charge is 2.18. The molecule has 0 bridgehead atoms. The van der Waals surface area contributed by atoms with Crippen molar-refractivity contribution in [2.75, 3.05) is 51.2 Å². The molecule has 2 N–H and O–H groups in total. The van der Waals surface area contributed by atoms with E-state index in [0.717, 1.165) is 56.7 Å². The second-order valence-corrected chi connectivity index (χ2v) is 8.17. The number of nitrogens with one attached hydrogen (secondary N) is 2. The summed E-state index contributed by atoms with van der Waals surface area (Å²) >= 11 is 1.70. The predicted octanol–water partition coefficient (Wildman–Crippen LogP) is 3.09. The molecule has 0 radical (unpaired) electrons. The summed E-state index contributed by atoms with van der Waals surface area (Å²) in [4.78, 5) is 14.4. The van der Waals surface area contributed by atoms with Gasteiger partial charge in [-0.15, -0.1) is 35.3 Å². The predicted molar refractivity (Wildman–Crippen MR) is 130 cm³/mol. The van der Waals surface area contributed by atoms with Crippen LogP contribution in [0.1, 0.15) is 16.3 Å². The summed E-state index contributed by atoms with van der Waals surface area (Å²) in [5.41, 5.74) is 0.717. The summed E-state index contributed by atoms with van der Waals surface area (Å²) in [6.07, 6.45) is 2.93. The van der Waals surface area contributed by atoms with Gasteiger partial charge in [-0.1, -0.05) is 12.1 Å². The van der Waals surface area contributed by atoms with Crippen molar-refractivity contribution in [1.82, 2.24) is 20.5 Å². The summed E-state index contributed by atoms with van der Waals surface area (Å²) in [6, 6.07) is 7.03. The summed E-state index contributed by atoms with van der Waals surface area (Å²) in [5, 5.41) is 7.72. The maximum Gasteiger partial charge on any atom is 0.191 e. The third-order valence-corrected chi connectivity index (χ3v) is 5.72. The molecule has 1 aliphatic rings. The van der Waals surface area contributed by atoms with Gasteiger partial charge in [-0.25, -0.2) is 9.37 Å². The molecule has 0 spiro atoms. The van der Waals surface area contributed by atoms with Gasteiger partial charge in [0.1, 0.15) is 10.8 Å². The van der Waals surface area contributed by atoms with Crippen LogP contribution in [0.15, 0.2) is 35.5 Å².